The lowest BCUT2D eigenvalue weighted by Crippen LogP contribution is -2.50. The summed E-state index contributed by atoms with van der Waals surface area (Å²) < 4.78 is 0. The third-order valence-electron chi connectivity index (χ3n) is 3.11. The molecule has 0 unspecified atom stereocenters. The van der Waals surface area contributed by atoms with Crippen molar-refractivity contribution in [3.05, 3.63) is 48.3 Å². The minimum Gasteiger partial charge on any atom is -0.480 e. The number of aliphatic carboxylic acids is 1. The Morgan fingerprint density at radius 2 is 2.14 bits per heavy atom. The molecule has 0 fully saturated rings. The van der Waals surface area contributed by atoms with Crippen LogP contribution in [0.5, 0.6) is 0 Å². The van der Waals surface area contributed by atoms with Crippen molar-refractivity contribution in [2.24, 2.45) is 5.73 Å². The number of pyridine rings is 1. The zero-order valence-corrected chi connectivity index (χ0v) is 11.8. The van der Waals surface area contributed by atoms with Gasteiger partial charge in [-0.15, -0.1) is 0 Å². The maximum Gasteiger partial charge on any atom is 0.326 e. The maximum atomic E-state index is 12.0. The zero-order valence-electron chi connectivity index (χ0n) is 11.8. The fourth-order valence-corrected chi connectivity index (χ4v) is 1.96. The Hall–Kier alpha value is -2.74. The molecule has 8 heteroatoms. The minimum absolute atomic E-state index is 0.112. The van der Waals surface area contributed by atoms with E-state index in [1.165, 1.54) is 12.5 Å². The number of nitrogens with zero attached hydrogens (tertiary/aromatic N) is 2. The van der Waals surface area contributed by atoms with E-state index < -0.39 is 24.0 Å². The van der Waals surface area contributed by atoms with Crippen LogP contribution >= 0.6 is 0 Å². The van der Waals surface area contributed by atoms with Crippen molar-refractivity contribution in [2.75, 3.05) is 0 Å². The van der Waals surface area contributed by atoms with Crippen molar-refractivity contribution in [1.82, 2.24) is 20.3 Å². The van der Waals surface area contributed by atoms with Crippen LogP contribution in [0.1, 0.15) is 11.3 Å². The molecule has 0 saturated carbocycles. The highest BCUT2D eigenvalue weighted by Crippen LogP contribution is 2.02. The number of carbonyl (C=O) groups excluding carboxylic acids is 1. The number of nitrogens with two attached hydrogens (primary N) is 1. The number of nitrogens with one attached hydrogen (secondary N) is 2. The van der Waals surface area contributed by atoms with Gasteiger partial charge in [-0.05, 0) is 18.1 Å². The number of H-pyrrole nitrogens is 1. The van der Waals surface area contributed by atoms with Crippen LogP contribution in [0.4, 0.5) is 0 Å². The summed E-state index contributed by atoms with van der Waals surface area (Å²) in [5.74, 6) is -1.65. The number of hydrogen-bond acceptors (Lipinski definition) is 5. The van der Waals surface area contributed by atoms with E-state index in [9.17, 15) is 14.7 Å². The standard InChI is InChI=1S/C14H17N5O3/c15-11(4-9-2-1-3-16-6-9)13(20)19-12(14(21)22)5-10-7-17-8-18-10/h1-3,6-8,11-12H,4-5,15H2,(H,17,18)(H,19,20)(H,21,22)/t11-,12-/m0/s1. The van der Waals surface area contributed by atoms with Crippen LogP contribution in [-0.4, -0.2) is 44.0 Å². The molecule has 0 radical (unpaired) electrons. The van der Waals surface area contributed by atoms with E-state index in [4.69, 9.17) is 5.73 Å². The molecule has 2 heterocycles. The van der Waals surface area contributed by atoms with Crippen molar-refractivity contribution < 1.29 is 14.7 Å². The smallest absolute Gasteiger partial charge is 0.326 e. The number of amides is 1. The lowest BCUT2D eigenvalue weighted by atomic mass is 10.1. The van der Waals surface area contributed by atoms with Gasteiger partial charge in [-0.3, -0.25) is 9.78 Å². The molecule has 5 N–H and O–H groups in total. The van der Waals surface area contributed by atoms with Gasteiger partial charge in [-0.25, -0.2) is 9.78 Å². The summed E-state index contributed by atoms with van der Waals surface area (Å²) >= 11 is 0. The van der Waals surface area contributed by atoms with E-state index in [1.807, 2.05) is 0 Å². The highest BCUT2D eigenvalue weighted by atomic mass is 16.4. The fourth-order valence-electron chi connectivity index (χ4n) is 1.96. The molecule has 8 nitrogen and oxygen atoms in total. The SMILES string of the molecule is N[C@@H](Cc1cccnc1)C(=O)N[C@@H](Cc1cnc[nH]1)C(=O)O. The number of imidazole rings is 1. The van der Waals surface area contributed by atoms with Crippen LogP contribution < -0.4 is 11.1 Å². The van der Waals surface area contributed by atoms with Gasteiger partial charge in [-0.2, -0.15) is 0 Å². The maximum absolute atomic E-state index is 12.0. The van der Waals surface area contributed by atoms with Crippen molar-refractivity contribution in [2.45, 2.75) is 24.9 Å². The molecule has 2 atom stereocenters. The Bertz CT molecular complexity index is 615. The van der Waals surface area contributed by atoms with Gasteiger partial charge >= 0.3 is 5.97 Å². The Balaban J connectivity index is 1.94. The van der Waals surface area contributed by atoms with Crippen LogP contribution in [0.15, 0.2) is 37.1 Å². The molecule has 0 bridgehead atoms. The predicted octanol–water partition coefficient (Wildman–Crippen LogP) is -0.513. The summed E-state index contributed by atoms with van der Waals surface area (Å²) in [6, 6.07) is 1.65. The third kappa shape index (κ3) is 4.38. The summed E-state index contributed by atoms with van der Waals surface area (Å²) in [7, 11) is 0. The molecule has 0 aliphatic carbocycles. The largest absolute Gasteiger partial charge is 0.480 e. The van der Waals surface area contributed by atoms with Gasteiger partial charge in [-0.1, -0.05) is 6.07 Å². The van der Waals surface area contributed by atoms with E-state index in [2.05, 4.69) is 20.3 Å². The number of aromatic nitrogens is 3. The topological polar surface area (TPSA) is 134 Å². The van der Waals surface area contributed by atoms with Gasteiger partial charge in [0.1, 0.15) is 6.04 Å². The van der Waals surface area contributed by atoms with E-state index in [0.717, 1.165) is 5.56 Å². The first-order chi connectivity index (χ1) is 10.6. The van der Waals surface area contributed by atoms with Crippen molar-refractivity contribution in [3.8, 4) is 0 Å². The zero-order chi connectivity index (χ0) is 15.9. The summed E-state index contributed by atoms with van der Waals surface area (Å²) in [6.07, 6.45) is 6.60. The van der Waals surface area contributed by atoms with E-state index in [0.29, 0.717) is 5.69 Å². The first-order valence-electron chi connectivity index (χ1n) is 6.71. The summed E-state index contributed by atoms with van der Waals surface area (Å²) in [4.78, 5) is 33.8. The second kappa shape index (κ2) is 7.32. The van der Waals surface area contributed by atoms with Gasteiger partial charge in [0.2, 0.25) is 5.91 Å². The number of carbonyl (C=O) groups is 2. The number of aromatic amines is 1. The highest BCUT2D eigenvalue weighted by Gasteiger charge is 2.24. The molecule has 0 aliphatic heterocycles. The second-order valence-corrected chi connectivity index (χ2v) is 4.85. The summed E-state index contributed by atoms with van der Waals surface area (Å²) in [6.45, 7) is 0. The van der Waals surface area contributed by atoms with Crippen LogP contribution in [0.2, 0.25) is 0 Å². The average Bonchev–Trinajstić information content (AvgIpc) is 3.00. The quantitative estimate of drug-likeness (QED) is 0.544. The lowest BCUT2D eigenvalue weighted by molar-refractivity contribution is -0.142. The van der Waals surface area contributed by atoms with Crippen molar-refractivity contribution in [3.63, 3.8) is 0 Å². The molecule has 22 heavy (non-hydrogen) atoms. The molecule has 0 aliphatic rings. The van der Waals surface area contributed by atoms with Gasteiger partial charge in [0, 0.05) is 30.7 Å². The number of carboxylic acid groups (broad SMARTS) is 1. The van der Waals surface area contributed by atoms with Crippen molar-refractivity contribution in [1.29, 1.82) is 0 Å². The Kier molecular flexibility index (Phi) is 5.21. The molecular weight excluding hydrogens is 286 g/mol. The molecule has 2 rings (SSSR count). The second-order valence-electron chi connectivity index (χ2n) is 4.85. The van der Waals surface area contributed by atoms with Crippen LogP contribution in [0.25, 0.3) is 0 Å². The average molecular weight is 303 g/mol. The molecule has 1 amide bonds. The van der Waals surface area contributed by atoms with Crippen LogP contribution in [-0.2, 0) is 22.4 Å². The Labute approximate surface area is 126 Å². The summed E-state index contributed by atoms with van der Waals surface area (Å²) in [5.41, 5.74) is 7.25. The fraction of sp³-hybridized carbons (Fsp3) is 0.286. The van der Waals surface area contributed by atoms with E-state index >= 15 is 0 Å². The number of hydrogen-bond donors (Lipinski definition) is 4. The third-order valence-corrected chi connectivity index (χ3v) is 3.11. The molecular formula is C14H17N5O3. The molecule has 116 valence electrons. The monoisotopic (exact) mass is 303 g/mol. The van der Waals surface area contributed by atoms with E-state index in [-0.39, 0.29) is 12.8 Å². The Morgan fingerprint density at radius 1 is 1.32 bits per heavy atom. The first-order valence-corrected chi connectivity index (χ1v) is 6.71. The van der Waals surface area contributed by atoms with Gasteiger partial charge in [0.05, 0.1) is 12.4 Å². The summed E-state index contributed by atoms with van der Waals surface area (Å²) in [5, 5.41) is 11.6. The number of carboxylic acids is 1. The van der Waals surface area contributed by atoms with Crippen molar-refractivity contribution >= 4 is 11.9 Å². The molecule has 2 aromatic rings. The van der Waals surface area contributed by atoms with Gasteiger partial charge in [0.25, 0.3) is 0 Å². The molecule has 0 aromatic carbocycles. The minimum atomic E-state index is -1.13. The van der Waals surface area contributed by atoms with E-state index in [1.54, 1.807) is 24.5 Å². The van der Waals surface area contributed by atoms with Crippen LogP contribution in [0.3, 0.4) is 0 Å². The lowest BCUT2D eigenvalue weighted by Gasteiger charge is -2.17. The predicted molar refractivity (Wildman–Crippen MR) is 77.8 cm³/mol. The normalized spacial score (nSPS) is 13.3. The van der Waals surface area contributed by atoms with Gasteiger partial charge < -0.3 is 21.1 Å². The number of rotatable bonds is 7. The first kappa shape index (κ1) is 15.6. The highest BCUT2D eigenvalue weighted by molar-refractivity contribution is 5.87. The molecule has 0 saturated heterocycles. The van der Waals surface area contributed by atoms with Crippen LogP contribution in [0, 0.1) is 0 Å². The Morgan fingerprint density at radius 3 is 2.73 bits per heavy atom. The molecule has 0 spiro atoms. The van der Waals surface area contributed by atoms with Gasteiger partial charge in [0.15, 0.2) is 0 Å². The molecule has 2 aromatic heterocycles.